The topological polar surface area (TPSA) is 20.3 Å². The van der Waals surface area contributed by atoms with Crippen LogP contribution >= 0.6 is 0 Å². The zero-order valence-corrected chi connectivity index (χ0v) is 14.3. The van der Waals surface area contributed by atoms with E-state index in [1.807, 2.05) is 18.0 Å². The van der Waals surface area contributed by atoms with Crippen LogP contribution < -0.4 is 0 Å². The van der Waals surface area contributed by atoms with Gasteiger partial charge in [-0.2, -0.15) is 0 Å². The maximum absolute atomic E-state index is 12.5. The average molecular weight is 299 g/mol. The van der Waals surface area contributed by atoms with Crippen molar-refractivity contribution in [2.24, 2.45) is 5.41 Å². The minimum absolute atomic E-state index is 0.203. The van der Waals surface area contributed by atoms with Gasteiger partial charge in [-0.3, -0.25) is 4.79 Å². The predicted octanol–water partition coefficient (Wildman–Crippen LogP) is 4.83. The lowest BCUT2D eigenvalue weighted by molar-refractivity contribution is -0.132. The largest absolute Gasteiger partial charge is 0.341 e. The van der Waals surface area contributed by atoms with Gasteiger partial charge in [-0.25, -0.2) is 0 Å². The normalized spacial score (nSPS) is 17.0. The van der Waals surface area contributed by atoms with E-state index in [2.05, 4.69) is 38.6 Å². The summed E-state index contributed by atoms with van der Waals surface area (Å²) in [6.07, 6.45) is 6.90. The van der Waals surface area contributed by atoms with Crippen LogP contribution in [0.3, 0.4) is 0 Å². The summed E-state index contributed by atoms with van der Waals surface area (Å²) in [5, 5.41) is 0. The van der Waals surface area contributed by atoms with Crippen LogP contribution in [-0.4, -0.2) is 24.4 Å². The first-order valence-corrected chi connectivity index (χ1v) is 8.38. The highest BCUT2D eigenvalue weighted by Crippen LogP contribution is 2.39. The number of rotatable bonds is 5. The Kier molecular flexibility index (Phi) is 5.44. The third-order valence-electron chi connectivity index (χ3n) is 4.92. The zero-order valence-electron chi connectivity index (χ0n) is 14.3. The van der Waals surface area contributed by atoms with Gasteiger partial charge < -0.3 is 4.90 Å². The van der Waals surface area contributed by atoms with Crippen molar-refractivity contribution in [3.8, 4) is 0 Å². The Bertz CT molecular complexity index is 540. The molecular formula is C20H29NO. The van der Waals surface area contributed by atoms with Crippen molar-refractivity contribution >= 4 is 11.5 Å². The van der Waals surface area contributed by atoms with E-state index >= 15 is 0 Å². The van der Waals surface area contributed by atoms with Gasteiger partial charge in [0, 0.05) is 20.0 Å². The van der Waals surface area contributed by atoms with Crippen molar-refractivity contribution in [2.75, 3.05) is 13.6 Å². The fraction of sp³-hybridized carbons (Fsp3) is 0.550. The molecule has 1 amide bonds. The zero-order chi connectivity index (χ0) is 16.2. The molecule has 2 nitrogen and oxygen atoms in total. The summed E-state index contributed by atoms with van der Waals surface area (Å²) in [5.41, 5.74) is 3.56. The molecule has 22 heavy (non-hydrogen) atoms. The lowest BCUT2D eigenvalue weighted by atomic mass is 9.73. The van der Waals surface area contributed by atoms with Crippen LogP contribution in [0.15, 0.2) is 30.8 Å². The highest BCUT2D eigenvalue weighted by Gasteiger charge is 2.30. The molecule has 0 saturated heterocycles. The Labute approximate surface area is 135 Å². The summed E-state index contributed by atoms with van der Waals surface area (Å²) in [4.78, 5) is 14.4. The summed E-state index contributed by atoms with van der Waals surface area (Å²) in [5.74, 6) is 0.248. The number of amides is 1. The molecule has 0 heterocycles. The number of hydrogen-bond acceptors (Lipinski definition) is 1. The smallest absolute Gasteiger partial charge is 0.223 e. The number of hydrogen-bond donors (Lipinski definition) is 0. The second-order valence-corrected chi connectivity index (χ2v) is 7.27. The first-order chi connectivity index (χ1) is 10.4. The Balaban J connectivity index is 1.92. The minimum atomic E-state index is 0.203. The fourth-order valence-electron chi connectivity index (χ4n) is 3.41. The molecule has 0 bridgehead atoms. The van der Waals surface area contributed by atoms with E-state index in [-0.39, 0.29) is 11.3 Å². The van der Waals surface area contributed by atoms with Crippen LogP contribution in [0.4, 0.5) is 0 Å². The first-order valence-electron chi connectivity index (χ1n) is 8.38. The van der Waals surface area contributed by atoms with Crippen LogP contribution in [0.1, 0.15) is 56.6 Å². The lowest BCUT2D eigenvalue weighted by Crippen LogP contribution is -2.34. The van der Waals surface area contributed by atoms with Gasteiger partial charge in [0.25, 0.3) is 0 Å². The molecule has 0 unspecified atom stereocenters. The molecule has 1 aliphatic rings. The van der Waals surface area contributed by atoms with Gasteiger partial charge in [0.05, 0.1) is 0 Å². The van der Waals surface area contributed by atoms with E-state index in [1.54, 1.807) is 0 Å². The van der Waals surface area contributed by atoms with Crippen LogP contribution in [0.25, 0.3) is 5.57 Å². The summed E-state index contributed by atoms with van der Waals surface area (Å²) >= 11 is 0. The molecule has 0 radical (unpaired) electrons. The third kappa shape index (κ3) is 4.46. The molecule has 0 N–H and O–H groups in total. The molecule has 2 heteroatoms. The number of aryl methyl sites for hydroxylation is 1. The van der Waals surface area contributed by atoms with Crippen molar-refractivity contribution in [3.05, 3.63) is 42.0 Å². The summed E-state index contributed by atoms with van der Waals surface area (Å²) < 4.78 is 0. The van der Waals surface area contributed by atoms with Crippen molar-refractivity contribution in [1.82, 2.24) is 4.90 Å². The number of carbonyl (C=O) groups is 1. The molecule has 2 rings (SSSR count). The maximum atomic E-state index is 12.5. The SMILES string of the molecule is C=C(CN(C)C(=O)CC1(C)CCCCC1)c1cccc(C)c1. The number of carbonyl (C=O) groups excluding carboxylic acids is 1. The van der Waals surface area contributed by atoms with Gasteiger partial charge in [0.2, 0.25) is 5.91 Å². The second-order valence-electron chi connectivity index (χ2n) is 7.27. The van der Waals surface area contributed by atoms with E-state index in [1.165, 1.54) is 37.7 Å². The van der Waals surface area contributed by atoms with Crippen molar-refractivity contribution in [1.29, 1.82) is 0 Å². The Morgan fingerprint density at radius 2 is 1.95 bits per heavy atom. The van der Waals surface area contributed by atoms with Gasteiger partial charge in [0.15, 0.2) is 0 Å². The lowest BCUT2D eigenvalue weighted by Gasteiger charge is -2.34. The number of likely N-dealkylation sites (N-methyl/N-ethyl adjacent to an activating group) is 1. The molecule has 0 spiro atoms. The fourth-order valence-corrected chi connectivity index (χ4v) is 3.41. The molecule has 1 aromatic carbocycles. The van der Waals surface area contributed by atoms with Gasteiger partial charge in [-0.1, -0.05) is 62.6 Å². The summed E-state index contributed by atoms with van der Waals surface area (Å²) in [6, 6.07) is 8.31. The molecule has 0 atom stereocenters. The Hall–Kier alpha value is -1.57. The first kappa shape index (κ1) is 16.8. The molecule has 1 aliphatic carbocycles. The highest BCUT2D eigenvalue weighted by atomic mass is 16.2. The molecule has 1 saturated carbocycles. The van der Waals surface area contributed by atoms with E-state index in [0.29, 0.717) is 13.0 Å². The average Bonchev–Trinajstić information content (AvgIpc) is 2.47. The van der Waals surface area contributed by atoms with Crippen LogP contribution in [0.5, 0.6) is 0 Å². The van der Waals surface area contributed by atoms with Crippen molar-refractivity contribution < 1.29 is 4.79 Å². The monoisotopic (exact) mass is 299 g/mol. The molecule has 120 valence electrons. The number of benzene rings is 1. The van der Waals surface area contributed by atoms with Crippen molar-refractivity contribution in [3.63, 3.8) is 0 Å². The Morgan fingerprint density at radius 1 is 1.27 bits per heavy atom. The van der Waals surface area contributed by atoms with E-state index in [9.17, 15) is 4.79 Å². The quantitative estimate of drug-likeness (QED) is 0.762. The molecule has 0 aliphatic heterocycles. The molecule has 1 aromatic rings. The van der Waals surface area contributed by atoms with Gasteiger partial charge in [-0.05, 0) is 36.3 Å². The second kappa shape index (κ2) is 7.13. The van der Waals surface area contributed by atoms with Crippen LogP contribution in [-0.2, 0) is 4.79 Å². The van der Waals surface area contributed by atoms with E-state index in [0.717, 1.165) is 11.1 Å². The van der Waals surface area contributed by atoms with Crippen molar-refractivity contribution in [2.45, 2.75) is 52.4 Å². The third-order valence-corrected chi connectivity index (χ3v) is 4.92. The number of nitrogens with zero attached hydrogens (tertiary/aromatic N) is 1. The van der Waals surface area contributed by atoms with Gasteiger partial charge >= 0.3 is 0 Å². The summed E-state index contributed by atoms with van der Waals surface area (Å²) in [6.45, 7) is 9.12. The molecule has 0 aromatic heterocycles. The van der Waals surface area contributed by atoms with Gasteiger partial charge in [-0.15, -0.1) is 0 Å². The van der Waals surface area contributed by atoms with E-state index in [4.69, 9.17) is 0 Å². The minimum Gasteiger partial charge on any atom is -0.341 e. The Morgan fingerprint density at radius 3 is 2.59 bits per heavy atom. The highest BCUT2D eigenvalue weighted by molar-refractivity contribution is 5.79. The predicted molar refractivity (Wildman–Crippen MR) is 93.7 cm³/mol. The molecule has 1 fully saturated rings. The maximum Gasteiger partial charge on any atom is 0.223 e. The van der Waals surface area contributed by atoms with Gasteiger partial charge in [0.1, 0.15) is 0 Å². The summed E-state index contributed by atoms with van der Waals surface area (Å²) in [7, 11) is 1.90. The molecular weight excluding hydrogens is 270 g/mol. The van der Waals surface area contributed by atoms with E-state index < -0.39 is 0 Å². The van der Waals surface area contributed by atoms with Crippen LogP contribution in [0, 0.1) is 12.3 Å². The standard InChI is InChI=1S/C20H29NO/c1-16-9-8-10-18(13-16)17(2)15-21(4)19(22)14-20(3)11-6-5-7-12-20/h8-10,13H,2,5-7,11-12,14-15H2,1,3-4H3. The van der Waals surface area contributed by atoms with Crippen LogP contribution in [0.2, 0.25) is 0 Å².